The number of amides is 2. The molecule has 2 saturated heterocycles. The predicted octanol–water partition coefficient (Wildman–Crippen LogP) is -0.332. The fraction of sp³-hybridized carbons (Fsp3) is 0.818. The Morgan fingerprint density at radius 2 is 2.35 bits per heavy atom. The monoisotopic (exact) mass is 242 g/mol. The number of ether oxygens (including phenoxy) is 1. The maximum Gasteiger partial charge on any atom is 0.416 e. The highest BCUT2D eigenvalue weighted by Crippen LogP contribution is 2.19. The van der Waals surface area contributed by atoms with Crippen molar-refractivity contribution in [3.8, 4) is 0 Å². The molecule has 2 aliphatic heterocycles. The van der Waals surface area contributed by atoms with E-state index in [1.54, 1.807) is 6.92 Å². The Balaban J connectivity index is 1.82. The summed E-state index contributed by atoms with van der Waals surface area (Å²) in [6.45, 7) is 4.16. The van der Waals surface area contributed by atoms with Crippen molar-refractivity contribution in [2.75, 3.05) is 32.8 Å². The molecule has 0 spiro atoms. The molecule has 2 unspecified atom stereocenters. The standard InChI is InChI=1S/C11H18N2O4/c1-8(14)9-2-3-12(6-9)7-10(15)13-4-5-17-11(13)16/h8-9,14H,2-7H2,1H3. The molecule has 2 fully saturated rings. The van der Waals surface area contributed by atoms with Gasteiger partial charge < -0.3 is 9.84 Å². The number of hydrogen-bond donors (Lipinski definition) is 1. The highest BCUT2D eigenvalue weighted by molar-refractivity contribution is 5.94. The molecule has 0 aliphatic carbocycles. The number of carbonyl (C=O) groups excluding carboxylic acids is 2. The minimum atomic E-state index is -0.540. The van der Waals surface area contributed by atoms with Gasteiger partial charge in [0.05, 0.1) is 19.2 Å². The summed E-state index contributed by atoms with van der Waals surface area (Å²) >= 11 is 0. The van der Waals surface area contributed by atoms with Crippen molar-refractivity contribution in [1.82, 2.24) is 9.80 Å². The Hall–Kier alpha value is -1.14. The normalized spacial score (nSPS) is 27.3. The van der Waals surface area contributed by atoms with E-state index < -0.39 is 6.09 Å². The molecule has 2 aliphatic rings. The first kappa shape index (κ1) is 12.3. The minimum Gasteiger partial charge on any atom is -0.447 e. The molecule has 0 aromatic carbocycles. The lowest BCUT2D eigenvalue weighted by Crippen LogP contribution is -2.40. The smallest absolute Gasteiger partial charge is 0.416 e. The second-order valence-corrected chi connectivity index (χ2v) is 4.68. The molecule has 17 heavy (non-hydrogen) atoms. The van der Waals surface area contributed by atoms with Crippen molar-refractivity contribution in [3.63, 3.8) is 0 Å². The number of carbonyl (C=O) groups is 2. The van der Waals surface area contributed by atoms with Crippen LogP contribution in [0, 0.1) is 5.92 Å². The van der Waals surface area contributed by atoms with Crippen LogP contribution in [0.2, 0.25) is 0 Å². The maximum atomic E-state index is 11.8. The molecule has 0 bridgehead atoms. The number of cyclic esters (lactones) is 1. The first-order valence-electron chi connectivity index (χ1n) is 5.95. The zero-order valence-electron chi connectivity index (χ0n) is 9.96. The van der Waals surface area contributed by atoms with Crippen molar-refractivity contribution in [1.29, 1.82) is 0 Å². The highest BCUT2D eigenvalue weighted by Gasteiger charge is 2.32. The largest absolute Gasteiger partial charge is 0.447 e. The van der Waals surface area contributed by atoms with Gasteiger partial charge in [-0.3, -0.25) is 9.69 Å². The third kappa shape index (κ3) is 2.76. The van der Waals surface area contributed by atoms with Crippen LogP contribution in [-0.4, -0.2) is 65.8 Å². The molecule has 0 saturated carbocycles. The summed E-state index contributed by atoms with van der Waals surface area (Å²) in [6.07, 6.45) is 0.0168. The molecule has 6 heteroatoms. The van der Waals surface area contributed by atoms with Crippen LogP contribution in [0.3, 0.4) is 0 Å². The molecule has 0 radical (unpaired) electrons. The van der Waals surface area contributed by atoms with Gasteiger partial charge in [0.25, 0.3) is 0 Å². The van der Waals surface area contributed by atoms with Crippen molar-refractivity contribution in [2.24, 2.45) is 5.92 Å². The second-order valence-electron chi connectivity index (χ2n) is 4.68. The van der Waals surface area contributed by atoms with Crippen molar-refractivity contribution in [2.45, 2.75) is 19.4 Å². The Labute approximate surface area is 100 Å². The van der Waals surface area contributed by atoms with E-state index in [1.807, 2.05) is 4.90 Å². The van der Waals surface area contributed by atoms with E-state index in [-0.39, 0.29) is 24.5 Å². The van der Waals surface area contributed by atoms with Gasteiger partial charge >= 0.3 is 6.09 Å². The number of imide groups is 1. The van der Waals surface area contributed by atoms with E-state index in [0.29, 0.717) is 19.7 Å². The minimum absolute atomic E-state index is 0.209. The summed E-state index contributed by atoms with van der Waals surface area (Å²) < 4.78 is 4.72. The van der Waals surface area contributed by atoms with E-state index in [0.717, 1.165) is 17.9 Å². The van der Waals surface area contributed by atoms with Crippen LogP contribution < -0.4 is 0 Å². The molecule has 2 heterocycles. The van der Waals surface area contributed by atoms with Gasteiger partial charge in [-0.2, -0.15) is 0 Å². The van der Waals surface area contributed by atoms with Gasteiger partial charge in [-0.05, 0) is 25.8 Å². The average Bonchev–Trinajstić information content (AvgIpc) is 2.86. The lowest BCUT2D eigenvalue weighted by atomic mass is 10.0. The lowest BCUT2D eigenvalue weighted by Gasteiger charge is -2.18. The summed E-state index contributed by atoms with van der Waals surface area (Å²) in [6, 6.07) is 0. The van der Waals surface area contributed by atoms with Crippen LogP contribution in [0.15, 0.2) is 0 Å². The first-order chi connectivity index (χ1) is 8.08. The summed E-state index contributed by atoms with van der Waals surface area (Å²) in [4.78, 5) is 26.1. The molecule has 96 valence electrons. The molecule has 0 aromatic rings. The van der Waals surface area contributed by atoms with Gasteiger partial charge in [-0.15, -0.1) is 0 Å². The van der Waals surface area contributed by atoms with E-state index in [1.165, 1.54) is 0 Å². The SMILES string of the molecule is CC(O)C1CCN(CC(=O)N2CCOC2=O)C1. The number of rotatable bonds is 3. The van der Waals surface area contributed by atoms with Crippen molar-refractivity contribution < 1.29 is 19.4 Å². The quantitative estimate of drug-likeness (QED) is 0.733. The van der Waals surface area contributed by atoms with Gasteiger partial charge in [0.1, 0.15) is 6.61 Å². The third-order valence-electron chi connectivity index (χ3n) is 3.41. The van der Waals surface area contributed by atoms with E-state index in [2.05, 4.69) is 0 Å². The van der Waals surface area contributed by atoms with Crippen molar-refractivity contribution >= 4 is 12.0 Å². The zero-order chi connectivity index (χ0) is 12.4. The van der Waals surface area contributed by atoms with E-state index in [9.17, 15) is 14.7 Å². The van der Waals surface area contributed by atoms with Gasteiger partial charge in [0, 0.05) is 6.54 Å². The summed E-state index contributed by atoms with van der Waals surface area (Å²) in [5.74, 6) is 0.0204. The predicted molar refractivity (Wildman–Crippen MR) is 59.3 cm³/mol. The van der Waals surface area contributed by atoms with Crippen LogP contribution in [0.1, 0.15) is 13.3 Å². The van der Waals surface area contributed by atoms with E-state index in [4.69, 9.17) is 4.74 Å². The average molecular weight is 242 g/mol. The Morgan fingerprint density at radius 1 is 1.59 bits per heavy atom. The van der Waals surface area contributed by atoms with Gasteiger partial charge in [0.2, 0.25) is 5.91 Å². The number of aliphatic hydroxyl groups excluding tert-OH is 1. The number of hydrogen-bond acceptors (Lipinski definition) is 5. The molecule has 2 amide bonds. The maximum absolute atomic E-state index is 11.8. The molecule has 2 atom stereocenters. The van der Waals surface area contributed by atoms with Crippen LogP contribution >= 0.6 is 0 Å². The van der Waals surface area contributed by atoms with Gasteiger partial charge in [0.15, 0.2) is 0 Å². The molecular formula is C11H18N2O4. The number of likely N-dealkylation sites (tertiary alicyclic amines) is 1. The topological polar surface area (TPSA) is 70.1 Å². The van der Waals surface area contributed by atoms with E-state index >= 15 is 0 Å². The fourth-order valence-electron chi connectivity index (χ4n) is 2.30. The lowest BCUT2D eigenvalue weighted by molar-refractivity contribution is -0.128. The van der Waals surface area contributed by atoms with Crippen LogP contribution in [-0.2, 0) is 9.53 Å². The molecular weight excluding hydrogens is 224 g/mol. The summed E-state index contributed by atoms with van der Waals surface area (Å²) in [7, 11) is 0. The Bertz CT molecular complexity index is 319. The van der Waals surface area contributed by atoms with Gasteiger partial charge in [-0.25, -0.2) is 9.69 Å². The number of aliphatic hydroxyl groups is 1. The molecule has 1 N–H and O–H groups in total. The van der Waals surface area contributed by atoms with Crippen molar-refractivity contribution in [3.05, 3.63) is 0 Å². The highest BCUT2D eigenvalue weighted by atomic mass is 16.6. The number of nitrogens with zero attached hydrogens (tertiary/aromatic N) is 2. The van der Waals surface area contributed by atoms with Crippen LogP contribution in [0.25, 0.3) is 0 Å². The summed E-state index contributed by atoms with van der Waals surface area (Å²) in [5.41, 5.74) is 0. The van der Waals surface area contributed by atoms with Crippen LogP contribution in [0.5, 0.6) is 0 Å². The Kier molecular flexibility index (Phi) is 3.63. The molecule has 0 aromatic heterocycles. The summed E-state index contributed by atoms with van der Waals surface area (Å²) in [5, 5.41) is 9.46. The van der Waals surface area contributed by atoms with Crippen LogP contribution in [0.4, 0.5) is 4.79 Å². The zero-order valence-corrected chi connectivity index (χ0v) is 9.96. The fourth-order valence-corrected chi connectivity index (χ4v) is 2.30. The first-order valence-corrected chi connectivity index (χ1v) is 5.95. The molecule has 2 rings (SSSR count). The Morgan fingerprint density at radius 3 is 2.88 bits per heavy atom. The third-order valence-corrected chi connectivity index (χ3v) is 3.41. The van der Waals surface area contributed by atoms with Gasteiger partial charge in [-0.1, -0.05) is 0 Å². The molecule has 6 nitrogen and oxygen atoms in total. The second kappa shape index (κ2) is 5.01.